The van der Waals surface area contributed by atoms with Gasteiger partial charge in [0.15, 0.2) is 5.71 Å². The van der Waals surface area contributed by atoms with Crippen LogP contribution in [0.2, 0.25) is 0 Å². The first-order chi connectivity index (χ1) is 66.2. The molecule has 0 aromatic carbocycles. The van der Waals surface area contributed by atoms with Crippen LogP contribution in [0.4, 0.5) is 0 Å². The Morgan fingerprint density at radius 2 is 0.525 bits per heavy atom. The predicted molar refractivity (Wildman–Crippen MR) is 590 cm³/mol. The van der Waals surface area contributed by atoms with Crippen molar-refractivity contribution in [1.29, 1.82) is 0 Å². The highest BCUT2D eigenvalue weighted by molar-refractivity contribution is 5.82. The van der Waals surface area contributed by atoms with Crippen molar-refractivity contribution in [2.45, 2.75) is 543 Å². The van der Waals surface area contributed by atoms with Gasteiger partial charge in [0.25, 0.3) is 0 Å². The molecule has 0 atom stereocenters. The van der Waals surface area contributed by atoms with E-state index >= 15 is 0 Å². The second kappa shape index (κ2) is 82.5. The Morgan fingerprint density at radius 1 is 0.230 bits per heavy atom. The second-order valence-corrected chi connectivity index (χ2v) is 47.5. The van der Waals surface area contributed by atoms with Crippen LogP contribution < -0.4 is 0 Å². The van der Waals surface area contributed by atoms with Crippen LogP contribution in [0.5, 0.6) is 0 Å². The molecule has 8 heterocycles. The molecule has 8 rings (SSSR count). The lowest BCUT2D eigenvalue weighted by molar-refractivity contribution is -0.537. The maximum Gasteiger partial charge on any atom is 0.215 e. The van der Waals surface area contributed by atoms with E-state index < -0.39 is 0 Å². The molecule has 0 aliphatic carbocycles. The Balaban J connectivity index is 0.000000795. The minimum atomic E-state index is 0.635. The molecule has 0 amide bonds. The molecule has 24 heteroatoms. The van der Waals surface area contributed by atoms with E-state index in [9.17, 15) is 0 Å². The van der Waals surface area contributed by atoms with E-state index in [4.69, 9.17) is 0 Å². The number of hydrogen-bond donors (Lipinski definition) is 0. The zero-order chi connectivity index (χ0) is 104. The van der Waals surface area contributed by atoms with Crippen LogP contribution in [0, 0.1) is 94.7 Å². The molecular formula is C115H223N24+. The normalized spacial score (nSPS) is 12.1. The summed E-state index contributed by atoms with van der Waals surface area (Å²) < 4.78 is 16.4. The molecule has 0 spiro atoms. The molecule has 0 radical (unpaired) electrons. The third kappa shape index (κ3) is 77.5. The Labute approximate surface area is 855 Å². The Bertz CT molecular complexity index is 3810. The van der Waals surface area contributed by atoms with E-state index in [1.54, 1.807) is 0 Å². The fraction of sp³-hybridized carbons (Fsp3) is 0.870. The van der Waals surface area contributed by atoms with Gasteiger partial charge >= 0.3 is 0 Å². The van der Waals surface area contributed by atoms with Gasteiger partial charge in [0, 0.05) is 82.1 Å². The molecule has 1 aliphatic rings. The van der Waals surface area contributed by atoms with Gasteiger partial charge in [-0.2, -0.15) is 0 Å². The summed E-state index contributed by atoms with van der Waals surface area (Å²) >= 11 is 0. The summed E-state index contributed by atoms with van der Waals surface area (Å²) in [5, 5.41) is 66.6. The van der Waals surface area contributed by atoms with Crippen LogP contribution in [0.15, 0.2) is 53.7 Å². The molecule has 1 aliphatic heterocycles. The molecule has 0 fully saturated rings. The van der Waals surface area contributed by atoms with Crippen LogP contribution in [-0.2, 0) is 90.8 Å². The molecular weight excluding hydrogens is 1720 g/mol. The molecule has 802 valence electrons. The summed E-state index contributed by atoms with van der Waals surface area (Å²) in [6, 6.07) is 0. The Morgan fingerprint density at radius 3 is 0.935 bits per heavy atom. The van der Waals surface area contributed by atoms with Crippen LogP contribution in [0.3, 0.4) is 0 Å². The van der Waals surface area contributed by atoms with E-state index in [1.165, 1.54) is 254 Å². The zero-order valence-corrected chi connectivity index (χ0v) is 96.8. The van der Waals surface area contributed by atoms with Crippen LogP contribution in [0.1, 0.15) is 493 Å². The third-order valence-corrected chi connectivity index (χ3v) is 24.8. The summed E-state index contributed by atoms with van der Waals surface area (Å²) in [5.74, 6) is 12.4. The van der Waals surface area contributed by atoms with E-state index in [1.807, 2.05) is 37.3 Å². The molecule has 7 aromatic rings. The summed E-state index contributed by atoms with van der Waals surface area (Å²) in [4.78, 5) is 0. The first kappa shape index (κ1) is 130. The van der Waals surface area contributed by atoms with Crippen molar-refractivity contribution in [3.05, 3.63) is 83.2 Å². The lowest BCUT2D eigenvalue weighted by atomic mass is 10.0. The van der Waals surface area contributed by atoms with Crippen LogP contribution in [0.25, 0.3) is 0 Å². The number of unbranched alkanes of at least 4 members (excludes halogenated alkanes) is 10. The van der Waals surface area contributed by atoms with E-state index in [-0.39, 0.29) is 0 Å². The SMILES string of the molecule is CC(C)CCCCC1=[N+](CCCCC(C)C)N=NC1.CC(C)CCCCCn1cc(CC(C)C)nn1.CC(C)CCCCc1cn(CCC(C)C)nn1.CC(C)CCCCc1cnnn1CC(C)C.CC(C)CCCCc1cnnn1CCC(C)C.CC(C)CCCCc1cnnn1CCCCC(C)C.CC(C)CCCCn1cc(CCC(C)C)nn1.CC(C)CCCc1cn(CCCC(C)C)nn1. The lowest BCUT2D eigenvalue weighted by Crippen LogP contribution is -2.16. The summed E-state index contributed by atoms with van der Waals surface area (Å²) in [5.41, 5.74) is 9.91. The predicted octanol–water partition coefficient (Wildman–Crippen LogP) is 31.1. The molecule has 0 saturated heterocycles. The van der Waals surface area contributed by atoms with Crippen LogP contribution in [-0.4, -0.2) is 128 Å². The summed E-state index contributed by atoms with van der Waals surface area (Å²) in [6.45, 7) is 81.5. The maximum absolute atomic E-state index is 4.27. The van der Waals surface area contributed by atoms with Crippen LogP contribution >= 0.6 is 0 Å². The largest absolute Gasteiger partial charge is 0.252 e. The average molecular weight is 1940 g/mol. The quantitative estimate of drug-likeness (QED) is 0.0254. The van der Waals surface area contributed by atoms with Crippen molar-refractivity contribution in [3.8, 4) is 0 Å². The van der Waals surface area contributed by atoms with Gasteiger partial charge in [0.1, 0.15) is 11.8 Å². The van der Waals surface area contributed by atoms with E-state index in [0.29, 0.717) is 11.8 Å². The van der Waals surface area contributed by atoms with Gasteiger partial charge in [-0.05, 0) is 242 Å². The number of rotatable bonds is 67. The zero-order valence-electron chi connectivity index (χ0n) is 96.8. The van der Waals surface area contributed by atoms with Gasteiger partial charge in [-0.25, -0.2) is 14.0 Å². The van der Waals surface area contributed by atoms with Crippen molar-refractivity contribution in [1.82, 2.24) is 105 Å². The molecule has 7 aromatic heterocycles. The minimum absolute atomic E-state index is 0.635. The topological polar surface area (TPSA) is 243 Å². The van der Waals surface area contributed by atoms with Crippen molar-refractivity contribution in [2.24, 2.45) is 105 Å². The molecule has 0 N–H and O–H groups in total. The molecule has 0 saturated carbocycles. The van der Waals surface area contributed by atoms with E-state index in [2.05, 4.69) is 348 Å². The van der Waals surface area contributed by atoms with Gasteiger partial charge < -0.3 is 0 Å². The number of hydrogen-bond acceptors (Lipinski definition) is 16. The summed E-state index contributed by atoms with van der Waals surface area (Å²) in [7, 11) is 0. The highest BCUT2D eigenvalue weighted by Crippen LogP contribution is 2.21. The number of aromatic nitrogens is 21. The molecule has 24 nitrogen and oxygen atoms in total. The first-order valence-corrected chi connectivity index (χ1v) is 57.4. The van der Waals surface area contributed by atoms with Gasteiger partial charge in [0.05, 0.1) is 58.4 Å². The summed E-state index contributed by atoms with van der Waals surface area (Å²) in [6.07, 6.45) is 67.8. The Kier molecular flexibility index (Phi) is 77.3. The third-order valence-electron chi connectivity index (χ3n) is 24.8. The standard InChI is InChI=1S/C16H32N3.C16H31N3.5C14H27N3.C13H25N3/c2*1-14(2)9-5-6-11-16-13-17-18-19(16)12-8-7-10-15(3)4;1-12(2)7-5-9-14-11-17(16-15-14)10-6-8-13(3)4;1-12(2)7-5-6-10-17-11-14(15-16-17)9-8-13(3)4;1-12(2)7-5-6-8-14-11-17(16-15-14)10-9-13(3)4;1-12(2)7-5-6-8-14-11-15-16-17(14)10-9-13(3)4;1-12(2)8-6-5-7-9-17-11-14(15-16-17)10-13(3)4;1-11(2)7-5-6-8-13-9-14-15-16(13)10-12(3)4/h14-15H,5-13H2,1-4H3;13-15H,5-12H2,1-4H3;5*11-13H,5-10H2,1-4H3;9,11-12H,5-8,10H2,1-4H3/q+1;;;;;;;. The minimum Gasteiger partial charge on any atom is -0.252 e. The van der Waals surface area contributed by atoms with Gasteiger partial charge in [0.2, 0.25) is 6.54 Å². The Hall–Kier alpha value is -6.75. The van der Waals surface area contributed by atoms with Gasteiger partial charge in [-0.15, -0.1) is 40.4 Å². The molecule has 139 heavy (non-hydrogen) atoms. The molecule has 0 bridgehead atoms. The van der Waals surface area contributed by atoms with Gasteiger partial charge in [-0.3, -0.25) is 18.7 Å². The van der Waals surface area contributed by atoms with Gasteiger partial charge in [-0.1, -0.05) is 380 Å². The van der Waals surface area contributed by atoms with Crippen molar-refractivity contribution in [2.75, 3.05) is 13.1 Å². The van der Waals surface area contributed by atoms with Crippen molar-refractivity contribution in [3.63, 3.8) is 0 Å². The second-order valence-electron chi connectivity index (χ2n) is 47.5. The average Bonchev–Trinajstić information content (AvgIpc) is 1.77. The number of nitrogens with zero attached hydrogens (tertiary/aromatic N) is 24. The van der Waals surface area contributed by atoms with Crippen molar-refractivity contribution < 1.29 is 4.68 Å². The highest BCUT2D eigenvalue weighted by Gasteiger charge is 2.20. The first-order valence-electron chi connectivity index (χ1n) is 57.4. The lowest BCUT2D eigenvalue weighted by Gasteiger charge is -2.08. The smallest absolute Gasteiger partial charge is 0.215 e. The van der Waals surface area contributed by atoms with E-state index in [0.717, 1.165) is 209 Å². The monoisotopic (exact) mass is 1940 g/mol. The number of aryl methyl sites for hydroxylation is 12. The highest BCUT2D eigenvalue weighted by atomic mass is 15.5. The van der Waals surface area contributed by atoms with Crippen molar-refractivity contribution >= 4 is 5.71 Å². The fourth-order valence-corrected chi connectivity index (χ4v) is 16.0. The fourth-order valence-electron chi connectivity index (χ4n) is 16.0. The maximum atomic E-state index is 4.27. The molecule has 0 unspecified atom stereocenters.